The number of hydrogen-bond donors (Lipinski definition) is 2. The predicted octanol–water partition coefficient (Wildman–Crippen LogP) is 0.618. The average molecular weight is 348 g/mol. The molecule has 1 fully saturated rings. The molecule has 0 unspecified atom stereocenters. The smallest absolute Gasteiger partial charge is 0.407 e. The molecule has 25 heavy (non-hydrogen) atoms. The van der Waals surface area contributed by atoms with E-state index in [0.29, 0.717) is 6.42 Å². The van der Waals surface area contributed by atoms with Crippen LogP contribution in [0.4, 0.5) is 9.59 Å². The molecule has 0 aliphatic carbocycles. The van der Waals surface area contributed by atoms with Gasteiger partial charge in [0.2, 0.25) is 5.91 Å². The molecule has 0 saturated carbocycles. The van der Waals surface area contributed by atoms with Crippen LogP contribution in [0, 0.1) is 0 Å². The van der Waals surface area contributed by atoms with Crippen molar-refractivity contribution in [1.82, 2.24) is 20.7 Å². The Morgan fingerprint density at radius 2 is 2.00 bits per heavy atom. The molecule has 1 aromatic carbocycles. The first kappa shape index (κ1) is 18.2. The van der Waals surface area contributed by atoms with Crippen LogP contribution in [0.1, 0.15) is 18.9 Å². The van der Waals surface area contributed by atoms with E-state index in [2.05, 4.69) is 10.6 Å². The van der Waals surface area contributed by atoms with Gasteiger partial charge in [0.25, 0.3) is 5.91 Å². The van der Waals surface area contributed by atoms with E-state index in [1.807, 2.05) is 37.3 Å². The lowest BCUT2D eigenvalue weighted by atomic mass is 10.2. The molecule has 0 bridgehead atoms. The van der Waals surface area contributed by atoms with E-state index in [1.54, 1.807) is 0 Å². The monoisotopic (exact) mass is 348 g/mol. The van der Waals surface area contributed by atoms with Crippen molar-refractivity contribution in [1.29, 1.82) is 0 Å². The minimum atomic E-state index is -0.740. The summed E-state index contributed by atoms with van der Waals surface area (Å²) < 4.78 is 5.01. The SMILES string of the molecule is CCCN(C(=O)CNC(=O)OCc1ccccc1)N1CC(=O)NC1=O. The zero-order chi connectivity index (χ0) is 18.2. The van der Waals surface area contributed by atoms with E-state index >= 15 is 0 Å². The summed E-state index contributed by atoms with van der Waals surface area (Å²) >= 11 is 0. The normalized spacial score (nSPS) is 13.4. The molecule has 1 aliphatic heterocycles. The van der Waals surface area contributed by atoms with E-state index in [9.17, 15) is 19.2 Å². The molecule has 9 nitrogen and oxygen atoms in total. The predicted molar refractivity (Wildman–Crippen MR) is 86.9 cm³/mol. The summed E-state index contributed by atoms with van der Waals surface area (Å²) in [5.74, 6) is -0.988. The molecule has 1 heterocycles. The molecule has 0 atom stereocenters. The summed E-state index contributed by atoms with van der Waals surface area (Å²) in [5, 5.41) is 6.63. The van der Waals surface area contributed by atoms with Crippen molar-refractivity contribution < 1.29 is 23.9 Å². The topological polar surface area (TPSA) is 108 Å². The lowest BCUT2D eigenvalue weighted by molar-refractivity contribution is -0.142. The maximum absolute atomic E-state index is 12.3. The number of hydrazine groups is 1. The fourth-order valence-electron chi connectivity index (χ4n) is 2.23. The zero-order valence-electron chi connectivity index (χ0n) is 13.9. The molecule has 0 radical (unpaired) electrons. The first-order chi connectivity index (χ1) is 12.0. The van der Waals surface area contributed by atoms with Gasteiger partial charge in [-0.25, -0.2) is 19.6 Å². The van der Waals surface area contributed by atoms with Gasteiger partial charge in [-0.05, 0) is 12.0 Å². The second kappa shape index (κ2) is 8.67. The van der Waals surface area contributed by atoms with Crippen molar-refractivity contribution in [3.05, 3.63) is 35.9 Å². The molecule has 134 valence electrons. The highest BCUT2D eigenvalue weighted by atomic mass is 16.5. The van der Waals surface area contributed by atoms with Crippen molar-refractivity contribution in [3.63, 3.8) is 0 Å². The number of benzene rings is 1. The van der Waals surface area contributed by atoms with Crippen LogP contribution in [0.3, 0.4) is 0 Å². The van der Waals surface area contributed by atoms with Gasteiger partial charge in [0.05, 0.1) is 0 Å². The molecule has 2 N–H and O–H groups in total. The number of carbonyl (C=O) groups is 4. The van der Waals surface area contributed by atoms with Crippen LogP contribution in [0.25, 0.3) is 0 Å². The minimum absolute atomic E-state index is 0.0859. The van der Waals surface area contributed by atoms with Gasteiger partial charge in [0.1, 0.15) is 19.7 Å². The third-order valence-corrected chi connectivity index (χ3v) is 3.39. The number of ether oxygens (including phenoxy) is 1. The Kier molecular flexibility index (Phi) is 6.33. The van der Waals surface area contributed by atoms with Crippen molar-refractivity contribution in [2.24, 2.45) is 0 Å². The quantitative estimate of drug-likeness (QED) is 0.702. The summed E-state index contributed by atoms with van der Waals surface area (Å²) in [7, 11) is 0. The molecular formula is C16H20N4O5. The van der Waals surface area contributed by atoms with Crippen LogP contribution in [-0.2, 0) is 20.9 Å². The van der Waals surface area contributed by atoms with E-state index in [0.717, 1.165) is 15.6 Å². The second-order valence-electron chi connectivity index (χ2n) is 5.34. The summed E-state index contributed by atoms with van der Waals surface area (Å²) in [6, 6.07) is 8.47. The number of nitrogens with zero attached hydrogens (tertiary/aromatic N) is 2. The Morgan fingerprint density at radius 1 is 1.28 bits per heavy atom. The Morgan fingerprint density at radius 3 is 2.60 bits per heavy atom. The number of alkyl carbamates (subject to hydrolysis) is 1. The standard InChI is InChI=1S/C16H20N4O5/c1-2-8-19(20-10-13(21)18-15(20)23)14(22)9-17-16(24)25-11-12-6-4-3-5-7-12/h3-7H,2,8-11H2,1H3,(H,17,24)(H,18,21,23). The summed E-state index contributed by atoms with van der Waals surface area (Å²) in [4.78, 5) is 46.9. The highest BCUT2D eigenvalue weighted by Gasteiger charge is 2.33. The van der Waals surface area contributed by atoms with Gasteiger partial charge in [-0.15, -0.1) is 0 Å². The highest BCUT2D eigenvalue weighted by molar-refractivity contribution is 6.02. The lowest BCUT2D eigenvalue weighted by Gasteiger charge is -2.29. The molecule has 0 aromatic heterocycles. The van der Waals surface area contributed by atoms with Gasteiger partial charge in [-0.1, -0.05) is 37.3 Å². The van der Waals surface area contributed by atoms with E-state index in [-0.39, 0.29) is 26.2 Å². The van der Waals surface area contributed by atoms with Gasteiger partial charge < -0.3 is 10.1 Å². The summed E-state index contributed by atoms with van der Waals surface area (Å²) in [6.45, 7) is 1.61. The Balaban J connectivity index is 1.83. The van der Waals surface area contributed by atoms with Crippen molar-refractivity contribution in [3.8, 4) is 0 Å². The van der Waals surface area contributed by atoms with Crippen molar-refractivity contribution in [2.75, 3.05) is 19.6 Å². The second-order valence-corrected chi connectivity index (χ2v) is 5.34. The molecule has 1 saturated heterocycles. The van der Waals surface area contributed by atoms with Crippen molar-refractivity contribution >= 4 is 23.9 Å². The zero-order valence-corrected chi connectivity index (χ0v) is 13.9. The number of imide groups is 1. The van der Waals surface area contributed by atoms with Gasteiger partial charge in [-0.2, -0.15) is 0 Å². The lowest BCUT2D eigenvalue weighted by Crippen LogP contribution is -2.51. The number of urea groups is 1. The summed E-state index contributed by atoms with van der Waals surface area (Å²) in [5.41, 5.74) is 0.823. The van der Waals surface area contributed by atoms with E-state index in [4.69, 9.17) is 4.74 Å². The van der Waals surface area contributed by atoms with Gasteiger partial charge in [0.15, 0.2) is 0 Å². The third kappa shape index (κ3) is 5.20. The molecule has 5 amide bonds. The minimum Gasteiger partial charge on any atom is -0.445 e. The third-order valence-electron chi connectivity index (χ3n) is 3.39. The average Bonchev–Trinajstić information content (AvgIpc) is 2.94. The molecular weight excluding hydrogens is 328 g/mol. The first-order valence-electron chi connectivity index (χ1n) is 7.87. The van der Waals surface area contributed by atoms with Crippen molar-refractivity contribution in [2.45, 2.75) is 20.0 Å². The maximum atomic E-state index is 12.3. The summed E-state index contributed by atoms with van der Waals surface area (Å²) in [6.07, 6.45) is -0.155. The largest absolute Gasteiger partial charge is 0.445 e. The van der Waals surface area contributed by atoms with Gasteiger partial charge >= 0.3 is 12.1 Å². The fraction of sp³-hybridized carbons (Fsp3) is 0.375. The highest BCUT2D eigenvalue weighted by Crippen LogP contribution is 2.06. The first-order valence-corrected chi connectivity index (χ1v) is 7.87. The number of carbonyl (C=O) groups excluding carboxylic acids is 4. The molecule has 2 rings (SSSR count). The van der Waals surface area contributed by atoms with E-state index < -0.39 is 23.9 Å². The van der Waals surface area contributed by atoms with Crippen LogP contribution in [0.2, 0.25) is 0 Å². The Hall–Kier alpha value is -3.10. The van der Waals surface area contributed by atoms with Crippen LogP contribution >= 0.6 is 0 Å². The molecule has 0 spiro atoms. The van der Waals surface area contributed by atoms with E-state index in [1.165, 1.54) is 0 Å². The number of amides is 5. The maximum Gasteiger partial charge on any atom is 0.407 e. The molecule has 1 aromatic rings. The van der Waals surface area contributed by atoms with Crippen LogP contribution in [-0.4, -0.2) is 53.6 Å². The van der Waals surface area contributed by atoms with Crippen LogP contribution in [0.15, 0.2) is 30.3 Å². The Bertz CT molecular complexity index is 649. The van der Waals surface area contributed by atoms with Crippen LogP contribution in [0.5, 0.6) is 0 Å². The Labute approximate surface area is 144 Å². The van der Waals surface area contributed by atoms with Gasteiger partial charge in [0, 0.05) is 6.54 Å². The molecule has 1 aliphatic rings. The number of nitrogens with one attached hydrogen (secondary N) is 2. The molecule has 9 heteroatoms. The van der Waals surface area contributed by atoms with Crippen LogP contribution < -0.4 is 10.6 Å². The fourth-order valence-corrected chi connectivity index (χ4v) is 2.23. The van der Waals surface area contributed by atoms with Gasteiger partial charge in [-0.3, -0.25) is 14.9 Å². The number of hydrogen-bond acceptors (Lipinski definition) is 5. The number of rotatable bonds is 7.